The second-order valence-electron chi connectivity index (χ2n) is 4.89. The molecule has 0 radical (unpaired) electrons. The monoisotopic (exact) mass is 325 g/mol. The molecule has 0 aliphatic rings. The minimum atomic E-state index is -0.215. The Morgan fingerprint density at radius 2 is 1.91 bits per heavy atom. The van der Waals surface area contributed by atoms with Gasteiger partial charge in [-0.15, -0.1) is 0 Å². The fourth-order valence-electron chi connectivity index (χ4n) is 2.03. The van der Waals surface area contributed by atoms with E-state index in [9.17, 15) is 9.90 Å². The van der Waals surface area contributed by atoms with Gasteiger partial charge < -0.3 is 21.1 Å². The van der Waals surface area contributed by atoms with Crippen molar-refractivity contribution in [2.75, 3.05) is 11.1 Å². The first kappa shape index (κ1) is 15.1. The molecule has 6 heteroatoms. The highest BCUT2D eigenvalue weighted by Gasteiger charge is 2.08. The molecule has 2 aromatic carbocycles. The fraction of sp³-hybridized carbons (Fsp3) is 0. The Hall–Kier alpha value is -2.86. The highest BCUT2D eigenvalue weighted by molar-refractivity contribution is 7.99. The van der Waals surface area contributed by atoms with Crippen LogP contribution >= 0.6 is 11.8 Å². The lowest BCUT2D eigenvalue weighted by Crippen LogP contribution is -2.12. The number of phenols is 1. The molecular weight excluding hydrogens is 310 g/mol. The van der Waals surface area contributed by atoms with E-state index < -0.39 is 0 Å². The summed E-state index contributed by atoms with van der Waals surface area (Å²) in [6.07, 6.45) is 1.70. The van der Waals surface area contributed by atoms with Crippen LogP contribution in [0, 0.1) is 0 Å². The van der Waals surface area contributed by atoms with Gasteiger partial charge in [0.05, 0.1) is 0 Å². The number of benzene rings is 2. The first-order valence-corrected chi connectivity index (χ1v) is 7.74. The number of amides is 1. The third kappa shape index (κ3) is 3.67. The number of H-pyrrole nitrogens is 1. The highest BCUT2D eigenvalue weighted by Crippen LogP contribution is 2.34. The molecule has 3 rings (SSSR count). The van der Waals surface area contributed by atoms with Gasteiger partial charge in [-0.05, 0) is 54.6 Å². The summed E-state index contributed by atoms with van der Waals surface area (Å²) in [7, 11) is 0. The maximum absolute atomic E-state index is 12.0. The van der Waals surface area contributed by atoms with Crippen LogP contribution in [0.3, 0.4) is 0 Å². The van der Waals surface area contributed by atoms with Gasteiger partial charge >= 0.3 is 0 Å². The molecule has 0 saturated carbocycles. The number of anilines is 2. The largest absolute Gasteiger partial charge is 0.508 e. The molecule has 1 aromatic heterocycles. The molecule has 0 atom stereocenters. The lowest BCUT2D eigenvalue weighted by molar-refractivity contribution is 0.102. The second-order valence-corrected chi connectivity index (χ2v) is 6.00. The van der Waals surface area contributed by atoms with E-state index in [-0.39, 0.29) is 11.7 Å². The van der Waals surface area contributed by atoms with Gasteiger partial charge in [0.2, 0.25) is 0 Å². The molecule has 1 amide bonds. The van der Waals surface area contributed by atoms with Crippen molar-refractivity contribution >= 4 is 29.0 Å². The summed E-state index contributed by atoms with van der Waals surface area (Å²) < 4.78 is 0. The predicted octanol–water partition coefficient (Wildman–Crippen LogP) is 3.71. The second kappa shape index (κ2) is 6.50. The van der Waals surface area contributed by atoms with Gasteiger partial charge in [0.15, 0.2) is 0 Å². The predicted molar refractivity (Wildman–Crippen MR) is 91.8 cm³/mol. The third-order valence-electron chi connectivity index (χ3n) is 3.17. The summed E-state index contributed by atoms with van der Waals surface area (Å²) in [5.74, 6) is 0.0121. The van der Waals surface area contributed by atoms with Crippen molar-refractivity contribution in [1.29, 1.82) is 0 Å². The summed E-state index contributed by atoms with van der Waals surface area (Å²) in [6.45, 7) is 0. The first-order chi connectivity index (χ1) is 11.1. The molecule has 1 heterocycles. The van der Waals surface area contributed by atoms with Crippen molar-refractivity contribution in [3.63, 3.8) is 0 Å². The summed E-state index contributed by atoms with van der Waals surface area (Å²) in [6, 6.07) is 15.8. The van der Waals surface area contributed by atoms with Crippen LogP contribution in [0.5, 0.6) is 5.75 Å². The van der Waals surface area contributed by atoms with Crippen LogP contribution in [0.4, 0.5) is 11.4 Å². The van der Waals surface area contributed by atoms with E-state index in [4.69, 9.17) is 5.73 Å². The fourth-order valence-corrected chi connectivity index (χ4v) is 2.87. The molecule has 116 valence electrons. The molecule has 3 aromatic rings. The van der Waals surface area contributed by atoms with Crippen LogP contribution < -0.4 is 11.1 Å². The van der Waals surface area contributed by atoms with E-state index in [1.54, 1.807) is 42.6 Å². The quantitative estimate of drug-likeness (QED) is 0.550. The summed E-state index contributed by atoms with van der Waals surface area (Å²) in [4.78, 5) is 16.7. The Bertz CT molecular complexity index is 814. The van der Waals surface area contributed by atoms with Crippen LogP contribution in [-0.4, -0.2) is 16.0 Å². The molecular formula is C17H15N3O2S. The van der Waals surface area contributed by atoms with Gasteiger partial charge in [0.1, 0.15) is 11.4 Å². The van der Waals surface area contributed by atoms with Gasteiger partial charge in [-0.2, -0.15) is 0 Å². The molecule has 0 saturated heterocycles. The summed E-state index contributed by atoms with van der Waals surface area (Å²) in [5, 5.41) is 12.1. The minimum Gasteiger partial charge on any atom is -0.508 e. The standard InChI is InChI=1S/C17H15N3O2S/c18-14-10-11(20-17(22)15-2-1-9-19-15)3-8-16(14)23-13-6-4-12(21)5-7-13/h1-10,19,21H,18H2,(H,20,22). The lowest BCUT2D eigenvalue weighted by Gasteiger charge is -2.09. The molecule has 0 aliphatic carbocycles. The van der Waals surface area contributed by atoms with E-state index in [1.807, 2.05) is 18.2 Å². The number of hydrogen-bond donors (Lipinski definition) is 4. The maximum atomic E-state index is 12.0. The Kier molecular flexibility index (Phi) is 4.25. The zero-order valence-corrected chi connectivity index (χ0v) is 12.9. The Morgan fingerprint density at radius 3 is 2.57 bits per heavy atom. The van der Waals surface area contributed by atoms with Crippen molar-refractivity contribution < 1.29 is 9.90 Å². The number of hydrogen-bond acceptors (Lipinski definition) is 4. The number of nitrogen functional groups attached to an aromatic ring is 1. The van der Waals surface area contributed by atoms with Gasteiger partial charge in [0.25, 0.3) is 5.91 Å². The first-order valence-electron chi connectivity index (χ1n) is 6.93. The van der Waals surface area contributed by atoms with Crippen LogP contribution in [0.25, 0.3) is 0 Å². The third-order valence-corrected chi connectivity index (χ3v) is 4.27. The van der Waals surface area contributed by atoms with Gasteiger partial charge in [-0.1, -0.05) is 11.8 Å². The molecule has 0 bridgehead atoms. The number of aromatic hydroxyl groups is 1. The van der Waals surface area contributed by atoms with Crippen LogP contribution in [0.2, 0.25) is 0 Å². The van der Waals surface area contributed by atoms with Crippen LogP contribution in [0.1, 0.15) is 10.5 Å². The lowest BCUT2D eigenvalue weighted by atomic mass is 10.2. The minimum absolute atomic E-state index is 0.215. The van der Waals surface area contributed by atoms with Crippen LogP contribution in [0.15, 0.2) is 70.6 Å². The maximum Gasteiger partial charge on any atom is 0.272 e. The highest BCUT2D eigenvalue weighted by atomic mass is 32.2. The van der Waals surface area contributed by atoms with Crippen molar-refractivity contribution in [2.24, 2.45) is 0 Å². The van der Waals surface area contributed by atoms with E-state index >= 15 is 0 Å². The van der Waals surface area contributed by atoms with E-state index in [0.717, 1.165) is 9.79 Å². The van der Waals surface area contributed by atoms with Crippen molar-refractivity contribution in [3.8, 4) is 5.75 Å². The van der Waals surface area contributed by atoms with Crippen molar-refractivity contribution in [1.82, 2.24) is 4.98 Å². The normalized spacial score (nSPS) is 10.4. The van der Waals surface area contributed by atoms with Gasteiger partial charge in [-0.25, -0.2) is 0 Å². The van der Waals surface area contributed by atoms with Gasteiger partial charge in [0, 0.05) is 27.4 Å². The Balaban J connectivity index is 1.73. The average Bonchev–Trinajstić information content (AvgIpc) is 3.06. The van der Waals surface area contributed by atoms with E-state index in [1.165, 1.54) is 11.8 Å². The number of carbonyl (C=O) groups is 1. The Labute approximate surface area is 137 Å². The SMILES string of the molecule is Nc1cc(NC(=O)c2ccc[nH]2)ccc1Sc1ccc(O)cc1. The average molecular weight is 325 g/mol. The molecule has 5 nitrogen and oxygen atoms in total. The molecule has 23 heavy (non-hydrogen) atoms. The van der Waals surface area contributed by atoms with E-state index in [2.05, 4.69) is 10.3 Å². The zero-order chi connectivity index (χ0) is 16.2. The summed E-state index contributed by atoms with van der Waals surface area (Å²) in [5.41, 5.74) is 7.77. The van der Waals surface area contributed by atoms with Crippen molar-refractivity contribution in [2.45, 2.75) is 9.79 Å². The molecule has 0 unspecified atom stereocenters. The van der Waals surface area contributed by atoms with E-state index in [0.29, 0.717) is 17.1 Å². The smallest absolute Gasteiger partial charge is 0.272 e. The molecule has 0 aliphatic heterocycles. The number of nitrogens with two attached hydrogens (primary N) is 1. The molecule has 5 N–H and O–H groups in total. The molecule has 0 spiro atoms. The number of aromatic amines is 1. The number of aromatic nitrogens is 1. The Morgan fingerprint density at radius 1 is 1.13 bits per heavy atom. The van der Waals surface area contributed by atoms with Gasteiger partial charge in [-0.3, -0.25) is 4.79 Å². The topological polar surface area (TPSA) is 91.1 Å². The zero-order valence-electron chi connectivity index (χ0n) is 12.1. The number of nitrogens with one attached hydrogen (secondary N) is 2. The molecule has 0 fully saturated rings. The number of rotatable bonds is 4. The van der Waals surface area contributed by atoms with Crippen LogP contribution in [-0.2, 0) is 0 Å². The van der Waals surface area contributed by atoms with Crippen molar-refractivity contribution in [3.05, 3.63) is 66.5 Å². The summed E-state index contributed by atoms with van der Waals surface area (Å²) >= 11 is 1.49. The number of carbonyl (C=O) groups excluding carboxylic acids is 1. The number of phenolic OH excluding ortho intramolecular Hbond substituents is 1.